The van der Waals surface area contributed by atoms with E-state index in [4.69, 9.17) is 5.73 Å². The van der Waals surface area contributed by atoms with Crippen LogP contribution in [-0.4, -0.2) is 42.3 Å². The maximum atomic E-state index is 13.9. The Hall–Kier alpha value is -2.72. The van der Waals surface area contributed by atoms with Crippen molar-refractivity contribution in [1.29, 1.82) is 0 Å². The Bertz CT molecular complexity index is 660. The Balaban J connectivity index is 2.23. The molecule has 2 rings (SSSR count). The van der Waals surface area contributed by atoms with Crippen molar-refractivity contribution >= 4 is 17.7 Å². The quantitative estimate of drug-likeness (QED) is 0.525. The average Bonchev–Trinajstić information content (AvgIpc) is 2.43. The predicted molar refractivity (Wildman–Crippen MR) is 71.4 cm³/mol. The first kappa shape index (κ1) is 14.7. The third kappa shape index (κ3) is 3.43. The summed E-state index contributed by atoms with van der Waals surface area (Å²) in [7, 11) is 0. The van der Waals surface area contributed by atoms with Gasteiger partial charge >= 0.3 is 0 Å². The first-order valence-corrected chi connectivity index (χ1v) is 6.11. The largest absolute Gasteiger partial charge is 0.320 e. The summed E-state index contributed by atoms with van der Waals surface area (Å²) in [5.74, 6) is 2.56. The minimum atomic E-state index is -0.762. The van der Waals surface area contributed by atoms with Crippen LogP contribution in [-0.2, 0) is 9.59 Å². The number of hydrogen-bond donors (Lipinski definition) is 2. The molecule has 6 nitrogen and oxygen atoms in total. The molecule has 1 fully saturated rings. The normalized spacial score (nSPS) is 14.3. The fraction of sp³-hybridized carbons (Fsp3) is 0.214. The van der Waals surface area contributed by atoms with Crippen molar-refractivity contribution in [2.75, 3.05) is 19.6 Å². The highest BCUT2D eigenvalue weighted by Gasteiger charge is 2.28. The second-order valence-electron chi connectivity index (χ2n) is 4.33. The Morgan fingerprint density at radius 2 is 2.00 bits per heavy atom. The molecule has 1 aliphatic heterocycles. The van der Waals surface area contributed by atoms with Crippen LogP contribution in [0.25, 0.3) is 0 Å². The summed E-state index contributed by atoms with van der Waals surface area (Å²) >= 11 is 0. The van der Waals surface area contributed by atoms with E-state index in [1.54, 1.807) is 0 Å². The van der Waals surface area contributed by atoms with E-state index in [-0.39, 0.29) is 25.2 Å². The second-order valence-corrected chi connectivity index (χ2v) is 4.33. The number of carbonyl (C=O) groups excluding carboxylic acids is 3. The SMILES string of the molecule is NCC#Cc1ccc(C(=O)N2CC(=O)NC(=O)C2)c(F)c1. The van der Waals surface area contributed by atoms with Crippen LogP contribution in [0.5, 0.6) is 0 Å². The number of hydrogen-bond acceptors (Lipinski definition) is 4. The molecular formula is C14H12FN3O3. The van der Waals surface area contributed by atoms with E-state index in [9.17, 15) is 18.8 Å². The van der Waals surface area contributed by atoms with Gasteiger partial charge in [0.05, 0.1) is 12.1 Å². The third-order valence-electron chi connectivity index (χ3n) is 2.77. The van der Waals surface area contributed by atoms with Crippen molar-refractivity contribution < 1.29 is 18.8 Å². The number of piperazine rings is 1. The smallest absolute Gasteiger partial charge is 0.257 e. The lowest BCUT2D eigenvalue weighted by atomic mass is 10.1. The van der Waals surface area contributed by atoms with E-state index >= 15 is 0 Å². The van der Waals surface area contributed by atoms with Crippen molar-refractivity contribution in [2.24, 2.45) is 5.73 Å². The zero-order chi connectivity index (χ0) is 15.4. The first-order chi connectivity index (χ1) is 10.0. The van der Waals surface area contributed by atoms with Gasteiger partial charge in [0.1, 0.15) is 18.9 Å². The van der Waals surface area contributed by atoms with Gasteiger partial charge in [-0.3, -0.25) is 19.7 Å². The summed E-state index contributed by atoms with van der Waals surface area (Å²) in [5, 5.41) is 2.07. The number of benzene rings is 1. The molecule has 0 saturated carbocycles. The first-order valence-electron chi connectivity index (χ1n) is 6.11. The lowest BCUT2D eigenvalue weighted by molar-refractivity contribution is -0.135. The van der Waals surface area contributed by atoms with E-state index in [1.165, 1.54) is 12.1 Å². The van der Waals surface area contributed by atoms with Crippen LogP contribution < -0.4 is 11.1 Å². The van der Waals surface area contributed by atoms with Gasteiger partial charge in [0, 0.05) is 5.56 Å². The lowest BCUT2D eigenvalue weighted by Gasteiger charge is -2.25. The molecule has 1 aromatic carbocycles. The Morgan fingerprint density at radius 1 is 1.33 bits per heavy atom. The number of rotatable bonds is 1. The van der Waals surface area contributed by atoms with Crippen LogP contribution in [0.15, 0.2) is 18.2 Å². The van der Waals surface area contributed by atoms with Gasteiger partial charge in [-0.1, -0.05) is 11.8 Å². The number of nitrogens with two attached hydrogens (primary N) is 1. The fourth-order valence-corrected chi connectivity index (χ4v) is 1.87. The molecule has 0 unspecified atom stereocenters. The van der Waals surface area contributed by atoms with E-state index in [0.29, 0.717) is 5.56 Å². The molecule has 1 aromatic rings. The lowest BCUT2D eigenvalue weighted by Crippen LogP contribution is -2.53. The minimum absolute atomic E-state index is 0.146. The monoisotopic (exact) mass is 289 g/mol. The molecule has 108 valence electrons. The van der Waals surface area contributed by atoms with Gasteiger partial charge in [0.15, 0.2) is 0 Å². The number of carbonyl (C=O) groups is 3. The molecule has 7 heteroatoms. The molecule has 0 atom stereocenters. The van der Waals surface area contributed by atoms with Crippen molar-refractivity contribution in [3.63, 3.8) is 0 Å². The molecule has 0 radical (unpaired) electrons. The summed E-state index contributed by atoms with van der Waals surface area (Å²) in [6.07, 6.45) is 0. The highest BCUT2D eigenvalue weighted by molar-refractivity contribution is 6.05. The summed E-state index contributed by atoms with van der Waals surface area (Å²) in [4.78, 5) is 35.6. The molecule has 1 aliphatic rings. The highest BCUT2D eigenvalue weighted by Crippen LogP contribution is 2.13. The van der Waals surface area contributed by atoms with Gasteiger partial charge in [-0.15, -0.1) is 0 Å². The van der Waals surface area contributed by atoms with Crippen LogP contribution in [0.2, 0.25) is 0 Å². The molecular weight excluding hydrogens is 277 g/mol. The van der Waals surface area contributed by atoms with Gasteiger partial charge in [-0.25, -0.2) is 4.39 Å². The summed E-state index contributed by atoms with van der Waals surface area (Å²) < 4.78 is 13.9. The molecule has 0 bridgehead atoms. The number of amides is 3. The van der Waals surface area contributed by atoms with E-state index in [1.807, 2.05) is 0 Å². The number of nitrogens with zero attached hydrogens (tertiary/aromatic N) is 1. The van der Waals surface area contributed by atoms with E-state index in [0.717, 1.165) is 11.0 Å². The fourth-order valence-electron chi connectivity index (χ4n) is 1.87. The van der Waals surface area contributed by atoms with Gasteiger partial charge in [0.25, 0.3) is 5.91 Å². The van der Waals surface area contributed by atoms with Crippen LogP contribution in [0.1, 0.15) is 15.9 Å². The van der Waals surface area contributed by atoms with Crippen molar-refractivity contribution in [3.8, 4) is 11.8 Å². The predicted octanol–water partition coefficient (Wildman–Crippen LogP) is -0.765. The van der Waals surface area contributed by atoms with Crippen molar-refractivity contribution in [2.45, 2.75) is 0 Å². The molecule has 21 heavy (non-hydrogen) atoms. The van der Waals surface area contributed by atoms with Gasteiger partial charge in [-0.2, -0.15) is 0 Å². The van der Waals surface area contributed by atoms with E-state index in [2.05, 4.69) is 17.2 Å². The molecule has 3 N–H and O–H groups in total. The zero-order valence-electron chi connectivity index (χ0n) is 11.0. The molecule has 0 spiro atoms. The van der Waals surface area contributed by atoms with Crippen LogP contribution in [0.4, 0.5) is 4.39 Å². The zero-order valence-corrected chi connectivity index (χ0v) is 11.0. The topological polar surface area (TPSA) is 92.5 Å². The van der Waals surface area contributed by atoms with Gasteiger partial charge < -0.3 is 10.6 Å². The standard InChI is InChI=1S/C14H12FN3O3/c15-11-6-9(2-1-5-16)3-4-10(11)14(21)18-7-12(19)17-13(20)8-18/h3-4,6H,5,7-8,16H2,(H,17,19,20). The number of imide groups is 1. The van der Waals surface area contributed by atoms with Crippen LogP contribution in [0, 0.1) is 17.7 Å². The van der Waals surface area contributed by atoms with Crippen molar-refractivity contribution in [3.05, 3.63) is 35.1 Å². The molecule has 1 heterocycles. The Morgan fingerprint density at radius 3 is 2.57 bits per heavy atom. The summed E-state index contributed by atoms with van der Waals surface area (Å²) in [6, 6.07) is 3.86. The Labute approximate surface area is 120 Å². The second kappa shape index (κ2) is 6.15. The third-order valence-corrected chi connectivity index (χ3v) is 2.77. The van der Waals surface area contributed by atoms with Crippen LogP contribution >= 0.6 is 0 Å². The van der Waals surface area contributed by atoms with Gasteiger partial charge in [-0.05, 0) is 18.2 Å². The average molecular weight is 289 g/mol. The number of nitrogens with one attached hydrogen (secondary N) is 1. The maximum absolute atomic E-state index is 13.9. The Kier molecular flexibility index (Phi) is 4.30. The van der Waals surface area contributed by atoms with Crippen LogP contribution in [0.3, 0.4) is 0 Å². The molecule has 3 amide bonds. The van der Waals surface area contributed by atoms with E-state index < -0.39 is 23.5 Å². The highest BCUT2D eigenvalue weighted by atomic mass is 19.1. The molecule has 0 aromatic heterocycles. The van der Waals surface area contributed by atoms with Gasteiger partial charge in [0.2, 0.25) is 11.8 Å². The molecule has 0 aliphatic carbocycles. The summed E-state index contributed by atoms with van der Waals surface area (Å²) in [5.41, 5.74) is 5.40. The number of halogens is 1. The maximum Gasteiger partial charge on any atom is 0.257 e. The van der Waals surface area contributed by atoms with Crippen molar-refractivity contribution in [1.82, 2.24) is 10.2 Å². The minimum Gasteiger partial charge on any atom is -0.320 e. The summed E-state index contributed by atoms with van der Waals surface area (Å²) in [6.45, 7) is -0.412. The molecule has 1 saturated heterocycles.